The third kappa shape index (κ3) is 5.68. The average molecular weight is 373 g/mol. The third-order valence-electron chi connectivity index (χ3n) is 4.07. The minimum absolute atomic E-state index is 0.0323. The van der Waals surface area contributed by atoms with Crippen molar-refractivity contribution in [3.63, 3.8) is 0 Å². The highest BCUT2D eigenvalue weighted by Crippen LogP contribution is 2.29. The minimum Gasteiger partial charge on any atom is -0.391 e. The molecule has 136 valence electrons. The molecule has 0 bridgehead atoms. The summed E-state index contributed by atoms with van der Waals surface area (Å²) in [5.74, 6) is -1.75. The van der Waals surface area contributed by atoms with E-state index in [4.69, 9.17) is 5.11 Å². The van der Waals surface area contributed by atoms with Crippen molar-refractivity contribution in [2.24, 2.45) is 0 Å². The van der Waals surface area contributed by atoms with Gasteiger partial charge in [-0.1, -0.05) is 0 Å². The van der Waals surface area contributed by atoms with Crippen molar-refractivity contribution in [1.82, 2.24) is 5.32 Å². The maximum Gasteiger partial charge on any atom is 0.271 e. The molecule has 1 amide bonds. The van der Waals surface area contributed by atoms with Crippen molar-refractivity contribution in [2.45, 2.75) is 24.1 Å². The second-order valence-corrected chi connectivity index (χ2v) is 10.6. The molecule has 0 spiro atoms. The molecule has 0 aromatic heterocycles. The Bertz CT molecular complexity index is 657. The van der Waals surface area contributed by atoms with Crippen molar-refractivity contribution < 1.29 is 35.8 Å². The van der Waals surface area contributed by atoms with Crippen LogP contribution in [0.1, 0.15) is 13.3 Å². The van der Waals surface area contributed by atoms with E-state index < -0.39 is 48.2 Å². The van der Waals surface area contributed by atoms with Crippen LogP contribution in [0.3, 0.4) is 0 Å². The fourth-order valence-electron chi connectivity index (χ4n) is 2.72. The largest absolute Gasteiger partial charge is 0.391 e. The number of rotatable bonds is 7. The maximum absolute atomic E-state index is 12.1. The molecule has 9 nitrogen and oxygen atoms in total. The molecule has 1 aliphatic rings. The van der Waals surface area contributed by atoms with E-state index in [9.17, 15) is 26.2 Å². The van der Waals surface area contributed by atoms with E-state index in [2.05, 4.69) is 5.32 Å². The zero-order valence-corrected chi connectivity index (χ0v) is 15.2. The molecule has 2 unspecified atom stereocenters. The van der Waals surface area contributed by atoms with Gasteiger partial charge < -0.3 is 14.9 Å². The summed E-state index contributed by atoms with van der Waals surface area (Å²) in [5.41, 5.74) is -1.56. The number of nitrogens with one attached hydrogen (secondary N) is 1. The quantitative estimate of drug-likeness (QED) is 0.347. The standard InChI is InChI=1S/C12H24N2O7S2/c1-12(9-22(17,18)8-10(12)23(19,20)21)13-11(16)4-5-14(2,3)6-7-15/h10,15H,4-9H2,1-3H3,(H-,13,16,19,20,21)/p+1. The van der Waals surface area contributed by atoms with Gasteiger partial charge in [0.1, 0.15) is 11.8 Å². The van der Waals surface area contributed by atoms with Gasteiger partial charge in [0.2, 0.25) is 5.91 Å². The van der Waals surface area contributed by atoms with Gasteiger partial charge in [0.15, 0.2) is 9.84 Å². The Morgan fingerprint density at radius 3 is 2.39 bits per heavy atom. The molecule has 1 saturated heterocycles. The Morgan fingerprint density at radius 1 is 1.35 bits per heavy atom. The highest BCUT2D eigenvalue weighted by Gasteiger charge is 2.54. The lowest BCUT2D eigenvalue weighted by molar-refractivity contribution is -0.890. The van der Waals surface area contributed by atoms with E-state index in [1.165, 1.54) is 6.92 Å². The Kier molecular flexibility index (Phi) is 5.85. The molecule has 11 heteroatoms. The first kappa shape index (κ1) is 20.3. The molecule has 0 saturated carbocycles. The normalized spacial score (nSPS) is 27.8. The summed E-state index contributed by atoms with van der Waals surface area (Å²) in [7, 11) is -4.63. The van der Waals surface area contributed by atoms with Gasteiger partial charge in [0.25, 0.3) is 10.1 Å². The molecule has 23 heavy (non-hydrogen) atoms. The number of aliphatic hydroxyl groups excluding tert-OH is 1. The van der Waals surface area contributed by atoms with Crippen LogP contribution >= 0.6 is 0 Å². The van der Waals surface area contributed by atoms with Crippen LogP contribution in [0, 0.1) is 0 Å². The number of aliphatic hydroxyl groups is 1. The number of carbonyl (C=O) groups excluding carboxylic acids is 1. The Hall–Kier alpha value is -0.750. The molecule has 0 aromatic rings. The molecule has 1 heterocycles. The zero-order chi connectivity index (χ0) is 18.1. The second kappa shape index (κ2) is 6.63. The third-order valence-corrected chi connectivity index (χ3v) is 7.57. The first-order valence-electron chi connectivity index (χ1n) is 7.11. The molecule has 0 aromatic carbocycles. The van der Waals surface area contributed by atoms with Crippen LogP contribution in [0.15, 0.2) is 0 Å². The first-order chi connectivity index (χ1) is 10.2. The number of carbonyl (C=O) groups is 1. The first-order valence-corrected chi connectivity index (χ1v) is 10.4. The van der Waals surface area contributed by atoms with Gasteiger partial charge in [-0.3, -0.25) is 9.35 Å². The zero-order valence-electron chi connectivity index (χ0n) is 13.5. The predicted octanol–water partition coefficient (Wildman–Crippen LogP) is -2.00. The van der Waals surface area contributed by atoms with Crippen LogP contribution in [-0.4, -0.2) is 93.0 Å². The maximum atomic E-state index is 12.1. The lowest BCUT2D eigenvalue weighted by Crippen LogP contribution is -2.57. The van der Waals surface area contributed by atoms with E-state index in [1.807, 2.05) is 14.1 Å². The van der Waals surface area contributed by atoms with Gasteiger partial charge in [-0.15, -0.1) is 0 Å². The fourth-order valence-corrected chi connectivity index (χ4v) is 7.07. The summed E-state index contributed by atoms with van der Waals surface area (Å²) in [5, 5.41) is 9.82. The number of quaternary nitrogens is 1. The van der Waals surface area contributed by atoms with Crippen molar-refractivity contribution in [2.75, 3.05) is 45.3 Å². The molecule has 0 radical (unpaired) electrons. The summed E-state index contributed by atoms with van der Waals surface area (Å²) >= 11 is 0. The highest BCUT2D eigenvalue weighted by molar-refractivity contribution is 7.94. The number of nitrogens with zero attached hydrogens (tertiary/aromatic N) is 1. The van der Waals surface area contributed by atoms with E-state index >= 15 is 0 Å². The number of hydrogen-bond acceptors (Lipinski definition) is 6. The number of sulfone groups is 1. The number of likely N-dealkylation sites (N-methyl/N-ethyl adjacent to an activating group) is 1. The lowest BCUT2D eigenvalue weighted by atomic mass is 10.0. The van der Waals surface area contributed by atoms with Gasteiger partial charge in [-0.2, -0.15) is 8.42 Å². The van der Waals surface area contributed by atoms with Gasteiger partial charge in [-0.25, -0.2) is 8.42 Å². The topological polar surface area (TPSA) is 138 Å². The van der Waals surface area contributed by atoms with E-state index in [0.717, 1.165) is 0 Å². The monoisotopic (exact) mass is 373 g/mol. The van der Waals surface area contributed by atoms with Crippen LogP contribution in [-0.2, 0) is 24.7 Å². The van der Waals surface area contributed by atoms with Crippen molar-refractivity contribution in [3.8, 4) is 0 Å². The van der Waals surface area contributed by atoms with E-state index in [0.29, 0.717) is 17.6 Å². The molecule has 3 N–H and O–H groups in total. The minimum atomic E-state index is -4.61. The van der Waals surface area contributed by atoms with Crippen molar-refractivity contribution >= 4 is 25.9 Å². The fraction of sp³-hybridized carbons (Fsp3) is 0.917. The summed E-state index contributed by atoms with van der Waals surface area (Å²) in [6.45, 7) is 2.12. The molecule has 0 aliphatic carbocycles. The Balaban J connectivity index is 2.82. The van der Waals surface area contributed by atoms with Crippen molar-refractivity contribution in [3.05, 3.63) is 0 Å². The predicted molar refractivity (Wildman–Crippen MR) is 84.1 cm³/mol. The van der Waals surface area contributed by atoms with Gasteiger partial charge in [0.05, 0.1) is 50.7 Å². The molecule has 1 rings (SSSR count). The average Bonchev–Trinajstić information content (AvgIpc) is 2.56. The molecule has 1 aliphatic heterocycles. The van der Waals surface area contributed by atoms with Gasteiger partial charge >= 0.3 is 0 Å². The summed E-state index contributed by atoms with van der Waals surface area (Å²) in [4.78, 5) is 12.1. The molecule has 1 fully saturated rings. The van der Waals surface area contributed by atoms with Crippen LogP contribution in [0.4, 0.5) is 0 Å². The van der Waals surface area contributed by atoms with Gasteiger partial charge in [-0.05, 0) is 6.92 Å². The summed E-state index contributed by atoms with van der Waals surface area (Å²) in [6, 6.07) is 0. The number of amides is 1. The molecule has 2 atom stereocenters. The summed E-state index contributed by atoms with van der Waals surface area (Å²) in [6.07, 6.45) is 0.0425. The van der Waals surface area contributed by atoms with Crippen LogP contribution < -0.4 is 5.32 Å². The van der Waals surface area contributed by atoms with E-state index in [1.54, 1.807) is 0 Å². The molecular formula is C12H25N2O7S2+. The van der Waals surface area contributed by atoms with Crippen LogP contribution in [0.5, 0.6) is 0 Å². The van der Waals surface area contributed by atoms with Crippen LogP contribution in [0.2, 0.25) is 0 Å². The van der Waals surface area contributed by atoms with Crippen molar-refractivity contribution in [1.29, 1.82) is 0 Å². The van der Waals surface area contributed by atoms with Crippen LogP contribution in [0.25, 0.3) is 0 Å². The highest BCUT2D eigenvalue weighted by atomic mass is 32.2. The Labute approximate surface area is 136 Å². The lowest BCUT2D eigenvalue weighted by Gasteiger charge is -2.31. The molecular weight excluding hydrogens is 348 g/mol. The van der Waals surface area contributed by atoms with E-state index in [-0.39, 0.29) is 13.0 Å². The summed E-state index contributed by atoms with van der Waals surface area (Å²) < 4.78 is 56.0. The van der Waals surface area contributed by atoms with Gasteiger partial charge in [0, 0.05) is 0 Å². The second-order valence-electron chi connectivity index (χ2n) is 6.88. The SMILES string of the molecule is CC1(NC(=O)CC[N+](C)(C)CCO)CS(=O)(=O)CC1S(=O)(=O)O. The smallest absolute Gasteiger partial charge is 0.271 e. The Morgan fingerprint density at radius 2 is 1.91 bits per heavy atom. The number of hydrogen-bond donors (Lipinski definition) is 3.